The highest BCUT2D eigenvalue weighted by atomic mass is 16.4. The third kappa shape index (κ3) is 2.44. The Balaban J connectivity index is 2.30. The van der Waals surface area contributed by atoms with E-state index in [0.717, 1.165) is 0 Å². The predicted octanol–water partition coefficient (Wildman–Crippen LogP) is 1.53. The first-order chi connectivity index (χ1) is 11.1. The molecule has 0 amide bonds. The van der Waals surface area contributed by atoms with E-state index in [4.69, 9.17) is 5.26 Å². The van der Waals surface area contributed by atoms with Crippen LogP contribution in [0.4, 0.5) is 0 Å². The molecule has 8 nitrogen and oxygen atoms in total. The molecule has 0 spiro atoms. The van der Waals surface area contributed by atoms with Crippen LogP contribution in [0.25, 0.3) is 11.5 Å². The largest absolute Gasteiger partial charge is 0.477 e. The molecular formula is C15H12N6O2. The second-order valence-electron chi connectivity index (χ2n) is 4.77. The van der Waals surface area contributed by atoms with Crippen LogP contribution in [0, 0.1) is 18.3 Å². The second kappa shape index (κ2) is 5.73. The van der Waals surface area contributed by atoms with Crippen molar-refractivity contribution in [3.63, 3.8) is 0 Å². The zero-order valence-corrected chi connectivity index (χ0v) is 12.2. The number of carboxylic acid groups (broad SMARTS) is 1. The highest BCUT2D eigenvalue weighted by molar-refractivity contribution is 5.91. The molecule has 0 fully saturated rings. The lowest BCUT2D eigenvalue weighted by atomic mass is 10.3. The van der Waals surface area contributed by atoms with Gasteiger partial charge < -0.3 is 5.11 Å². The minimum atomic E-state index is -1.11. The van der Waals surface area contributed by atoms with Crippen molar-refractivity contribution in [1.82, 2.24) is 24.5 Å². The summed E-state index contributed by atoms with van der Waals surface area (Å²) in [4.78, 5) is 11.6. The number of para-hydroxylation sites is 1. The zero-order chi connectivity index (χ0) is 16.4. The molecule has 0 aliphatic carbocycles. The molecule has 2 heterocycles. The van der Waals surface area contributed by atoms with Crippen LogP contribution < -0.4 is 0 Å². The molecule has 2 aromatic heterocycles. The maximum atomic E-state index is 11.6. The van der Waals surface area contributed by atoms with Crippen LogP contribution in [0.1, 0.15) is 22.0 Å². The van der Waals surface area contributed by atoms with E-state index in [1.165, 1.54) is 10.9 Å². The number of aromatic carboxylic acids is 1. The van der Waals surface area contributed by atoms with Gasteiger partial charge in [0.05, 0.1) is 24.4 Å². The smallest absolute Gasteiger partial charge is 0.341 e. The number of nitrogens with zero attached hydrogens (tertiary/aromatic N) is 6. The van der Waals surface area contributed by atoms with Crippen molar-refractivity contribution in [3.8, 4) is 17.6 Å². The summed E-state index contributed by atoms with van der Waals surface area (Å²) >= 11 is 0. The lowest BCUT2D eigenvalue weighted by Crippen LogP contribution is -2.13. The fraction of sp³-hybridized carbons (Fsp3) is 0.133. The van der Waals surface area contributed by atoms with Crippen molar-refractivity contribution < 1.29 is 9.90 Å². The summed E-state index contributed by atoms with van der Waals surface area (Å²) in [5.41, 5.74) is 0.710. The van der Waals surface area contributed by atoms with E-state index in [2.05, 4.69) is 15.3 Å². The van der Waals surface area contributed by atoms with Crippen molar-refractivity contribution in [2.24, 2.45) is 0 Å². The molecule has 0 saturated carbocycles. The highest BCUT2D eigenvalue weighted by Crippen LogP contribution is 2.22. The average molecular weight is 308 g/mol. The van der Waals surface area contributed by atoms with Crippen LogP contribution in [0.5, 0.6) is 0 Å². The van der Waals surface area contributed by atoms with Gasteiger partial charge in [-0.3, -0.25) is 4.57 Å². The number of carbonyl (C=O) groups is 1. The van der Waals surface area contributed by atoms with Crippen LogP contribution in [-0.4, -0.2) is 35.6 Å². The van der Waals surface area contributed by atoms with Crippen molar-refractivity contribution in [2.75, 3.05) is 0 Å². The Morgan fingerprint density at radius 1 is 1.30 bits per heavy atom. The fourth-order valence-electron chi connectivity index (χ4n) is 2.33. The van der Waals surface area contributed by atoms with Gasteiger partial charge in [-0.2, -0.15) is 10.4 Å². The van der Waals surface area contributed by atoms with Gasteiger partial charge in [0.1, 0.15) is 11.4 Å². The monoisotopic (exact) mass is 308 g/mol. The number of aromatic nitrogens is 5. The normalized spacial score (nSPS) is 10.4. The maximum Gasteiger partial charge on any atom is 0.341 e. The van der Waals surface area contributed by atoms with Crippen LogP contribution in [0.3, 0.4) is 0 Å². The molecule has 0 saturated heterocycles. The van der Waals surface area contributed by atoms with E-state index < -0.39 is 5.97 Å². The Hall–Kier alpha value is -3.47. The van der Waals surface area contributed by atoms with Gasteiger partial charge in [-0.25, -0.2) is 9.48 Å². The molecule has 23 heavy (non-hydrogen) atoms. The predicted molar refractivity (Wildman–Crippen MR) is 79.5 cm³/mol. The van der Waals surface area contributed by atoms with Gasteiger partial charge >= 0.3 is 5.97 Å². The summed E-state index contributed by atoms with van der Waals surface area (Å²) < 4.78 is 3.05. The quantitative estimate of drug-likeness (QED) is 0.782. The molecule has 3 rings (SSSR count). The third-order valence-electron chi connectivity index (χ3n) is 3.32. The third-order valence-corrected chi connectivity index (χ3v) is 3.32. The summed E-state index contributed by atoms with van der Waals surface area (Å²) in [5.74, 6) is 0.0373. The number of rotatable bonds is 4. The molecule has 0 unspecified atom stereocenters. The van der Waals surface area contributed by atoms with E-state index in [9.17, 15) is 9.90 Å². The minimum absolute atomic E-state index is 0.0101. The van der Waals surface area contributed by atoms with Crippen LogP contribution in [0.15, 0.2) is 36.5 Å². The topological polar surface area (TPSA) is 110 Å². The van der Waals surface area contributed by atoms with Crippen molar-refractivity contribution in [1.29, 1.82) is 5.26 Å². The van der Waals surface area contributed by atoms with Gasteiger partial charge in [-0.05, 0) is 19.1 Å². The summed E-state index contributed by atoms with van der Waals surface area (Å²) in [7, 11) is 0. The van der Waals surface area contributed by atoms with Gasteiger partial charge in [0.15, 0.2) is 11.6 Å². The van der Waals surface area contributed by atoms with Gasteiger partial charge in [-0.15, -0.1) is 10.2 Å². The molecule has 1 aromatic carbocycles. The Morgan fingerprint density at radius 3 is 2.70 bits per heavy atom. The zero-order valence-electron chi connectivity index (χ0n) is 12.2. The highest BCUT2D eigenvalue weighted by Gasteiger charge is 2.23. The molecule has 0 aliphatic rings. The lowest BCUT2D eigenvalue weighted by molar-refractivity contribution is 0.0697. The fourth-order valence-corrected chi connectivity index (χ4v) is 2.33. The number of nitriles is 1. The van der Waals surface area contributed by atoms with Crippen molar-refractivity contribution >= 4 is 5.97 Å². The molecule has 8 heteroatoms. The average Bonchev–Trinajstić information content (AvgIpc) is 3.12. The van der Waals surface area contributed by atoms with Crippen molar-refractivity contribution in [2.45, 2.75) is 13.3 Å². The summed E-state index contributed by atoms with van der Waals surface area (Å²) in [6.45, 7) is 1.70. The summed E-state index contributed by atoms with van der Waals surface area (Å²) in [6, 6.07) is 11.1. The Labute approximate surface area is 131 Å². The van der Waals surface area contributed by atoms with Gasteiger partial charge in [0, 0.05) is 0 Å². The first kappa shape index (κ1) is 14.5. The molecule has 3 aromatic rings. The van der Waals surface area contributed by atoms with Gasteiger partial charge in [0.25, 0.3) is 0 Å². The summed E-state index contributed by atoms with van der Waals surface area (Å²) in [5, 5.41) is 30.5. The molecular weight excluding hydrogens is 296 g/mol. The lowest BCUT2D eigenvalue weighted by Gasteiger charge is -2.12. The number of benzene rings is 1. The van der Waals surface area contributed by atoms with E-state index >= 15 is 0 Å². The molecule has 0 atom stereocenters. The van der Waals surface area contributed by atoms with E-state index in [0.29, 0.717) is 23.2 Å². The number of hydrogen-bond acceptors (Lipinski definition) is 5. The van der Waals surface area contributed by atoms with E-state index in [1.807, 2.05) is 36.4 Å². The van der Waals surface area contributed by atoms with Crippen LogP contribution in [0.2, 0.25) is 0 Å². The Morgan fingerprint density at radius 2 is 2.04 bits per heavy atom. The Bertz CT molecular complexity index is 904. The SMILES string of the molecule is Cc1nnc(CC#N)n1-c1c(C(=O)O)cnn1-c1ccccc1. The maximum absolute atomic E-state index is 11.6. The molecule has 0 radical (unpaired) electrons. The number of aryl methyl sites for hydroxylation is 1. The molecule has 0 bridgehead atoms. The van der Waals surface area contributed by atoms with E-state index in [1.54, 1.807) is 11.5 Å². The molecule has 0 aliphatic heterocycles. The molecule has 114 valence electrons. The standard InChI is InChI=1S/C15H12N6O2/c1-10-18-19-13(7-8-16)20(10)14-12(15(22)23)9-17-21(14)11-5-3-2-4-6-11/h2-6,9H,7H2,1H3,(H,22,23). The van der Waals surface area contributed by atoms with E-state index in [-0.39, 0.29) is 12.0 Å². The van der Waals surface area contributed by atoms with Crippen molar-refractivity contribution in [3.05, 3.63) is 53.7 Å². The molecule has 1 N–H and O–H groups in total. The Kier molecular flexibility index (Phi) is 3.60. The van der Waals surface area contributed by atoms with Gasteiger partial charge in [0.2, 0.25) is 0 Å². The van der Waals surface area contributed by atoms with Gasteiger partial charge in [-0.1, -0.05) is 18.2 Å². The number of carboxylic acids is 1. The summed E-state index contributed by atoms with van der Waals surface area (Å²) in [6.07, 6.45) is 1.29. The first-order valence-corrected chi connectivity index (χ1v) is 6.78. The van der Waals surface area contributed by atoms with Crippen LogP contribution >= 0.6 is 0 Å². The second-order valence-corrected chi connectivity index (χ2v) is 4.77. The number of hydrogen-bond donors (Lipinski definition) is 1. The minimum Gasteiger partial charge on any atom is -0.477 e. The van der Waals surface area contributed by atoms with Crippen LogP contribution in [-0.2, 0) is 6.42 Å². The first-order valence-electron chi connectivity index (χ1n) is 6.78.